The lowest BCUT2D eigenvalue weighted by atomic mass is 10.2. The minimum Gasteiger partial charge on any atom is -0.338 e. The zero-order valence-corrected chi connectivity index (χ0v) is 14.7. The number of benzene rings is 2. The summed E-state index contributed by atoms with van der Waals surface area (Å²) in [6.45, 7) is 1.18. The Morgan fingerprint density at radius 1 is 1.13 bits per heavy atom. The Morgan fingerprint density at radius 3 is 2.57 bits per heavy atom. The minimum absolute atomic E-state index is 0.0744. The van der Waals surface area contributed by atoms with Crippen molar-refractivity contribution >= 4 is 29.4 Å². The van der Waals surface area contributed by atoms with Crippen LogP contribution in [0, 0.1) is 0 Å². The number of halogens is 1. The highest BCUT2D eigenvalue weighted by molar-refractivity contribution is 7.99. The van der Waals surface area contributed by atoms with Crippen LogP contribution >= 0.6 is 23.4 Å². The molecule has 0 spiro atoms. The average Bonchev–Trinajstić information content (AvgIpc) is 2.57. The number of carbonyl (C=O) groups is 1. The van der Waals surface area contributed by atoms with Crippen LogP contribution in [0.2, 0.25) is 5.02 Å². The Bertz CT molecular complexity index is 621. The van der Waals surface area contributed by atoms with E-state index in [1.165, 1.54) is 4.90 Å². The van der Waals surface area contributed by atoms with Gasteiger partial charge in [0.25, 0.3) is 0 Å². The van der Waals surface area contributed by atoms with Gasteiger partial charge in [-0.2, -0.15) is 0 Å². The summed E-state index contributed by atoms with van der Waals surface area (Å²) in [4.78, 5) is 15.0. The number of rotatable bonds is 7. The van der Waals surface area contributed by atoms with Crippen LogP contribution in [-0.2, 0) is 6.54 Å². The zero-order chi connectivity index (χ0) is 16.5. The molecular weight excluding hydrogens is 328 g/mol. The summed E-state index contributed by atoms with van der Waals surface area (Å²) in [6, 6.07) is 17.8. The molecule has 1 N–H and O–H groups in total. The van der Waals surface area contributed by atoms with E-state index in [1.54, 1.807) is 23.7 Å². The second kappa shape index (κ2) is 9.48. The van der Waals surface area contributed by atoms with Gasteiger partial charge in [0.05, 0.1) is 0 Å². The molecule has 0 radical (unpaired) electrons. The van der Waals surface area contributed by atoms with Crippen molar-refractivity contribution in [1.82, 2.24) is 10.2 Å². The second-order valence-electron chi connectivity index (χ2n) is 5.19. The number of thioether (sulfide) groups is 1. The van der Waals surface area contributed by atoms with E-state index >= 15 is 0 Å². The minimum atomic E-state index is -0.0744. The molecule has 122 valence electrons. The lowest BCUT2D eigenvalue weighted by Gasteiger charge is -2.18. The molecule has 5 heteroatoms. The van der Waals surface area contributed by atoms with E-state index in [0.717, 1.165) is 17.7 Å². The van der Waals surface area contributed by atoms with Crippen LogP contribution in [0.25, 0.3) is 0 Å². The lowest BCUT2D eigenvalue weighted by Crippen LogP contribution is -2.37. The summed E-state index contributed by atoms with van der Waals surface area (Å²) in [5, 5.41) is 3.63. The van der Waals surface area contributed by atoms with E-state index in [1.807, 2.05) is 42.5 Å². The molecule has 0 aliphatic carbocycles. The van der Waals surface area contributed by atoms with Crippen molar-refractivity contribution in [1.29, 1.82) is 0 Å². The zero-order valence-electron chi connectivity index (χ0n) is 13.2. The number of nitrogens with one attached hydrogen (secondary N) is 1. The van der Waals surface area contributed by atoms with Crippen molar-refractivity contribution in [2.24, 2.45) is 0 Å². The quantitative estimate of drug-likeness (QED) is 0.582. The first-order chi connectivity index (χ1) is 11.2. The third-order valence-electron chi connectivity index (χ3n) is 3.32. The number of urea groups is 1. The van der Waals surface area contributed by atoms with Crippen molar-refractivity contribution in [2.45, 2.75) is 17.9 Å². The molecule has 0 fully saturated rings. The molecule has 2 rings (SSSR count). The van der Waals surface area contributed by atoms with E-state index in [0.29, 0.717) is 18.1 Å². The molecule has 0 heterocycles. The second-order valence-corrected chi connectivity index (χ2v) is 6.77. The summed E-state index contributed by atoms with van der Waals surface area (Å²) in [7, 11) is 1.78. The van der Waals surface area contributed by atoms with Gasteiger partial charge in [-0.3, -0.25) is 0 Å². The topological polar surface area (TPSA) is 32.3 Å². The molecule has 3 nitrogen and oxygen atoms in total. The van der Waals surface area contributed by atoms with Crippen molar-refractivity contribution in [3.05, 3.63) is 65.2 Å². The molecule has 23 heavy (non-hydrogen) atoms. The number of nitrogens with zero attached hydrogens (tertiary/aromatic N) is 1. The first-order valence-electron chi connectivity index (χ1n) is 7.57. The average molecular weight is 349 g/mol. The highest BCUT2D eigenvalue weighted by Crippen LogP contribution is 2.18. The first kappa shape index (κ1) is 17.7. The van der Waals surface area contributed by atoms with E-state index in [-0.39, 0.29) is 6.03 Å². The smallest absolute Gasteiger partial charge is 0.317 e. The monoisotopic (exact) mass is 348 g/mol. The summed E-state index contributed by atoms with van der Waals surface area (Å²) >= 11 is 7.92. The van der Waals surface area contributed by atoms with Crippen LogP contribution in [0.5, 0.6) is 0 Å². The van der Waals surface area contributed by atoms with Crippen LogP contribution < -0.4 is 5.32 Å². The molecule has 0 saturated heterocycles. The Morgan fingerprint density at radius 2 is 1.83 bits per heavy atom. The summed E-state index contributed by atoms with van der Waals surface area (Å²) < 4.78 is 0. The summed E-state index contributed by atoms with van der Waals surface area (Å²) in [5.41, 5.74) is 0.950. The SMILES string of the molecule is CN(Cc1ccccc1Cl)C(=O)NCCCSc1ccccc1. The van der Waals surface area contributed by atoms with Crippen molar-refractivity contribution in [2.75, 3.05) is 19.3 Å². The fraction of sp³-hybridized carbons (Fsp3) is 0.278. The van der Waals surface area contributed by atoms with Crippen molar-refractivity contribution in [3.8, 4) is 0 Å². The van der Waals surface area contributed by atoms with E-state index in [9.17, 15) is 4.79 Å². The maximum Gasteiger partial charge on any atom is 0.317 e. The molecule has 0 unspecified atom stereocenters. The molecule has 0 aliphatic heterocycles. The number of hydrogen-bond acceptors (Lipinski definition) is 2. The number of amides is 2. The fourth-order valence-corrected chi connectivity index (χ4v) is 3.13. The van der Waals surface area contributed by atoms with E-state index in [4.69, 9.17) is 11.6 Å². The molecular formula is C18H21ClN2OS. The van der Waals surface area contributed by atoms with Crippen molar-refractivity contribution < 1.29 is 4.79 Å². The van der Waals surface area contributed by atoms with Gasteiger partial charge in [0.2, 0.25) is 0 Å². The van der Waals surface area contributed by atoms with Crippen molar-refractivity contribution in [3.63, 3.8) is 0 Å². The molecule has 0 aliphatic rings. The van der Waals surface area contributed by atoms with E-state index < -0.39 is 0 Å². The van der Waals surface area contributed by atoms with Gasteiger partial charge >= 0.3 is 6.03 Å². The summed E-state index contributed by atoms with van der Waals surface area (Å²) in [6.07, 6.45) is 0.936. The molecule has 0 aromatic heterocycles. The van der Waals surface area contributed by atoms with Crippen LogP contribution in [0.4, 0.5) is 4.79 Å². The van der Waals surface area contributed by atoms with Gasteiger partial charge < -0.3 is 10.2 Å². The first-order valence-corrected chi connectivity index (χ1v) is 8.93. The summed E-state index contributed by atoms with van der Waals surface area (Å²) in [5.74, 6) is 0.985. The van der Waals surface area contributed by atoms with Crippen LogP contribution in [0.15, 0.2) is 59.5 Å². The molecule has 0 atom stereocenters. The van der Waals surface area contributed by atoms with Crippen LogP contribution in [0.3, 0.4) is 0 Å². The molecule has 0 saturated carbocycles. The molecule has 2 aromatic rings. The molecule has 2 aromatic carbocycles. The van der Waals surface area contributed by atoms with Gasteiger partial charge in [0, 0.05) is 30.1 Å². The lowest BCUT2D eigenvalue weighted by molar-refractivity contribution is 0.207. The number of hydrogen-bond donors (Lipinski definition) is 1. The standard InChI is InChI=1S/C18H21ClN2OS/c1-21(14-15-8-5-6-11-17(15)19)18(22)20-12-7-13-23-16-9-3-2-4-10-16/h2-6,8-11H,7,12-14H2,1H3,(H,20,22). The van der Waals surface area contributed by atoms with Crippen LogP contribution in [0.1, 0.15) is 12.0 Å². The Kier molecular flexibility index (Phi) is 7.30. The number of carbonyl (C=O) groups excluding carboxylic acids is 1. The largest absolute Gasteiger partial charge is 0.338 e. The maximum atomic E-state index is 12.1. The molecule has 2 amide bonds. The molecule has 0 bridgehead atoms. The Balaban J connectivity index is 1.65. The van der Waals surface area contributed by atoms with E-state index in [2.05, 4.69) is 17.4 Å². The van der Waals surface area contributed by atoms with Crippen LogP contribution in [-0.4, -0.2) is 30.3 Å². The predicted molar refractivity (Wildman–Crippen MR) is 98.1 cm³/mol. The Hall–Kier alpha value is -1.65. The van der Waals surface area contributed by atoms with Gasteiger partial charge in [0.15, 0.2) is 0 Å². The third kappa shape index (κ3) is 6.16. The van der Waals surface area contributed by atoms with Gasteiger partial charge in [0.1, 0.15) is 0 Å². The third-order valence-corrected chi connectivity index (χ3v) is 4.79. The van der Waals surface area contributed by atoms with Gasteiger partial charge in [-0.25, -0.2) is 4.79 Å². The maximum absolute atomic E-state index is 12.1. The van der Waals surface area contributed by atoms with Gasteiger partial charge in [-0.15, -0.1) is 11.8 Å². The predicted octanol–water partition coefficient (Wildman–Crippen LogP) is 4.66. The van der Waals surface area contributed by atoms with Gasteiger partial charge in [-0.1, -0.05) is 48.0 Å². The normalized spacial score (nSPS) is 10.3. The van der Waals surface area contributed by atoms with Gasteiger partial charge in [-0.05, 0) is 35.9 Å². The highest BCUT2D eigenvalue weighted by atomic mass is 35.5. The highest BCUT2D eigenvalue weighted by Gasteiger charge is 2.09. The Labute approximate surface area is 147 Å². The fourth-order valence-electron chi connectivity index (χ4n) is 2.06.